The van der Waals surface area contributed by atoms with Crippen LogP contribution >= 0.6 is 11.6 Å². The number of carbonyl (C=O) groups excluding carboxylic acids is 2. The molecule has 12 heteroatoms. The maximum atomic E-state index is 13.6. The van der Waals surface area contributed by atoms with E-state index in [1.807, 2.05) is 13.8 Å². The number of aromatic nitrogens is 2. The Bertz CT molecular complexity index is 1200. The molecule has 39 heavy (non-hydrogen) atoms. The number of nitrogens with zero attached hydrogens (tertiary/aromatic N) is 2. The number of carbonyl (C=O) groups is 2. The van der Waals surface area contributed by atoms with E-state index in [0.29, 0.717) is 18.5 Å². The molecule has 2 fully saturated rings. The molecule has 1 amide bonds. The summed E-state index contributed by atoms with van der Waals surface area (Å²) in [4.78, 5) is 29.7. The number of amides is 1. The average Bonchev–Trinajstić information content (AvgIpc) is 3.38. The minimum atomic E-state index is -3.89. The van der Waals surface area contributed by atoms with Gasteiger partial charge < -0.3 is 14.5 Å². The van der Waals surface area contributed by atoms with Gasteiger partial charge in [0.1, 0.15) is 23.8 Å². The molecule has 0 aliphatic heterocycles. The van der Waals surface area contributed by atoms with E-state index in [2.05, 4.69) is 44.2 Å². The average molecular weight is 604 g/mol. The van der Waals surface area contributed by atoms with E-state index in [0.717, 1.165) is 10.4 Å². The molecule has 0 radical (unpaired) electrons. The van der Waals surface area contributed by atoms with E-state index in [9.17, 15) is 18.0 Å². The van der Waals surface area contributed by atoms with Crippen molar-refractivity contribution in [3.05, 3.63) is 18.2 Å². The van der Waals surface area contributed by atoms with Gasteiger partial charge in [-0.2, -0.15) is 0 Å². The molecule has 0 aromatic carbocycles. The van der Waals surface area contributed by atoms with Gasteiger partial charge in [0.05, 0.1) is 22.2 Å². The summed E-state index contributed by atoms with van der Waals surface area (Å²) < 4.78 is 40.3. The molecule has 1 aromatic heterocycles. The molecule has 2 aliphatic rings. The first-order chi connectivity index (χ1) is 17.5. The highest BCUT2D eigenvalue weighted by Crippen LogP contribution is 2.64. The lowest BCUT2D eigenvalue weighted by Gasteiger charge is -2.40. The standard InChI is InChI=1S/C27H46ClN3O6SSi/c1-24(2,3)36-23(33)29-14-19(28)22(37-39(9,10)25(4,5)6)20-15-31(17-30-20)38(34,35)16-27-12-11-18(13-21(27)32)26(27,7)8/h15,17-19,22H,11-14,16H2,1-10H3,(H,29,33)/t18-,19+,22+,27-/m1/s1. The summed E-state index contributed by atoms with van der Waals surface area (Å²) in [5.41, 5.74) is -1.56. The lowest BCUT2D eigenvalue weighted by molar-refractivity contribution is -0.128. The van der Waals surface area contributed by atoms with Crippen molar-refractivity contribution in [3.63, 3.8) is 0 Å². The molecule has 1 N–H and O–H groups in total. The lowest BCUT2D eigenvalue weighted by Crippen LogP contribution is -2.45. The van der Waals surface area contributed by atoms with Gasteiger partial charge in [0, 0.05) is 19.2 Å². The van der Waals surface area contributed by atoms with Crippen LogP contribution in [0.1, 0.15) is 86.5 Å². The number of fused-ring (bicyclic) bond motifs is 2. The van der Waals surface area contributed by atoms with Crippen LogP contribution in [0.4, 0.5) is 4.79 Å². The van der Waals surface area contributed by atoms with Crippen LogP contribution in [-0.4, -0.2) is 60.8 Å². The van der Waals surface area contributed by atoms with Crippen molar-refractivity contribution in [2.45, 2.75) is 110 Å². The Morgan fingerprint density at radius 3 is 2.36 bits per heavy atom. The van der Waals surface area contributed by atoms with Crippen LogP contribution in [0, 0.1) is 16.7 Å². The first kappa shape index (κ1) is 32.1. The number of hydrogen-bond acceptors (Lipinski definition) is 7. The first-order valence-electron chi connectivity index (χ1n) is 13.6. The molecule has 2 bridgehead atoms. The second kappa shape index (κ2) is 10.4. The van der Waals surface area contributed by atoms with Crippen molar-refractivity contribution in [3.8, 4) is 0 Å². The number of alkyl halides is 1. The molecule has 9 nitrogen and oxygen atoms in total. The predicted molar refractivity (Wildman–Crippen MR) is 155 cm³/mol. The van der Waals surface area contributed by atoms with Gasteiger partial charge in [-0.15, -0.1) is 11.6 Å². The summed E-state index contributed by atoms with van der Waals surface area (Å²) in [6.45, 7) is 19.8. The molecule has 0 unspecified atom stereocenters. The Labute approximate surface area is 239 Å². The highest BCUT2D eigenvalue weighted by Gasteiger charge is 2.65. The second-order valence-electron chi connectivity index (χ2n) is 14.2. The van der Waals surface area contributed by atoms with E-state index < -0.39 is 46.9 Å². The number of Topliss-reactive ketones (excluding diaryl/α,β-unsaturated/α-hetero) is 1. The number of imidazole rings is 1. The number of rotatable bonds is 9. The fraction of sp³-hybridized carbons (Fsp3) is 0.815. The molecule has 1 heterocycles. The van der Waals surface area contributed by atoms with E-state index >= 15 is 0 Å². The van der Waals surface area contributed by atoms with E-state index in [-0.39, 0.29) is 34.5 Å². The third-order valence-corrected chi connectivity index (χ3v) is 15.7. The monoisotopic (exact) mass is 603 g/mol. The summed E-state index contributed by atoms with van der Waals surface area (Å²) in [6.07, 6.45) is 3.20. The maximum absolute atomic E-state index is 13.6. The third kappa shape index (κ3) is 6.41. The molecular formula is C27H46ClN3O6SSi. The van der Waals surface area contributed by atoms with E-state index in [1.54, 1.807) is 20.8 Å². The van der Waals surface area contributed by atoms with Crippen LogP contribution in [0.5, 0.6) is 0 Å². The lowest BCUT2D eigenvalue weighted by atomic mass is 9.70. The zero-order valence-electron chi connectivity index (χ0n) is 25.1. The van der Waals surface area contributed by atoms with Gasteiger partial charge in [0.2, 0.25) is 10.0 Å². The minimum absolute atomic E-state index is 0.0303. The summed E-state index contributed by atoms with van der Waals surface area (Å²) >= 11 is 6.80. The first-order valence-corrected chi connectivity index (χ1v) is 18.6. The van der Waals surface area contributed by atoms with Gasteiger partial charge in [-0.25, -0.2) is 22.2 Å². The number of nitrogens with one attached hydrogen (secondary N) is 1. The molecule has 1 aromatic rings. The van der Waals surface area contributed by atoms with Crippen LogP contribution < -0.4 is 5.32 Å². The van der Waals surface area contributed by atoms with Crippen LogP contribution in [0.25, 0.3) is 0 Å². The molecule has 0 spiro atoms. The maximum Gasteiger partial charge on any atom is 0.407 e. The van der Waals surface area contributed by atoms with E-state index in [1.165, 1.54) is 12.5 Å². The molecule has 2 aliphatic carbocycles. The summed E-state index contributed by atoms with van der Waals surface area (Å²) in [5.74, 6) is 0.00683. The smallest absolute Gasteiger partial charge is 0.407 e. The fourth-order valence-corrected chi connectivity index (χ4v) is 9.06. The molecule has 0 saturated heterocycles. The molecular weight excluding hydrogens is 558 g/mol. The van der Waals surface area contributed by atoms with E-state index in [4.69, 9.17) is 20.8 Å². The molecule has 222 valence electrons. The Kier molecular flexibility index (Phi) is 8.59. The zero-order chi connectivity index (χ0) is 29.8. The van der Waals surface area contributed by atoms with Gasteiger partial charge in [-0.1, -0.05) is 34.6 Å². The number of halogens is 1. The Morgan fingerprint density at radius 2 is 1.87 bits per heavy atom. The minimum Gasteiger partial charge on any atom is -0.444 e. The van der Waals surface area contributed by atoms with Gasteiger partial charge >= 0.3 is 6.09 Å². The highest BCUT2D eigenvalue weighted by atomic mass is 35.5. The summed E-state index contributed by atoms with van der Waals surface area (Å²) in [7, 11) is -6.28. The van der Waals surface area contributed by atoms with Gasteiger partial charge in [0.25, 0.3) is 0 Å². The number of alkyl carbamates (subject to hydrolysis) is 1. The number of ketones is 1. The van der Waals surface area contributed by atoms with Crippen LogP contribution in [0.15, 0.2) is 12.5 Å². The molecule has 3 rings (SSSR count). The van der Waals surface area contributed by atoms with Gasteiger partial charge in [-0.3, -0.25) is 4.79 Å². The van der Waals surface area contributed by atoms with Gasteiger partial charge in [0.15, 0.2) is 8.32 Å². The summed E-state index contributed by atoms with van der Waals surface area (Å²) in [5, 5.41) is 1.78. The van der Waals surface area contributed by atoms with Crippen molar-refractivity contribution >= 4 is 41.8 Å². The normalized spacial score (nSPS) is 25.0. The SMILES string of the molecule is CC(C)(C)OC(=O)NC[C@H](Cl)[C@H](O[Si](C)(C)C(C)(C)C)c1cn(S(=O)(=O)C[C@]23CC[C@H](CC2=O)C3(C)C)cn1. The Balaban J connectivity index is 1.88. The topological polar surface area (TPSA) is 117 Å². The second-order valence-corrected chi connectivity index (χ2v) is 21.4. The van der Waals surface area contributed by atoms with Crippen LogP contribution in [-0.2, 0) is 24.0 Å². The zero-order valence-corrected chi connectivity index (χ0v) is 27.6. The number of hydrogen-bond donors (Lipinski definition) is 1. The Morgan fingerprint density at radius 1 is 1.26 bits per heavy atom. The quantitative estimate of drug-likeness (QED) is 0.286. The molecule has 4 atom stereocenters. The van der Waals surface area contributed by atoms with Crippen molar-refractivity contribution < 1.29 is 27.2 Å². The number of ether oxygens (including phenoxy) is 1. The predicted octanol–water partition coefficient (Wildman–Crippen LogP) is 5.65. The van der Waals surface area contributed by atoms with Crippen molar-refractivity contribution in [2.24, 2.45) is 16.7 Å². The fourth-order valence-electron chi connectivity index (χ4n) is 5.53. The van der Waals surface area contributed by atoms with Crippen molar-refractivity contribution in [2.75, 3.05) is 12.3 Å². The van der Waals surface area contributed by atoms with Crippen LogP contribution in [0.2, 0.25) is 18.1 Å². The van der Waals surface area contributed by atoms with Crippen molar-refractivity contribution in [1.82, 2.24) is 14.3 Å². The van der Waals surface area contributed by atoms with Crippen LogP contribution in [0.3, 0.4) is 0 Å². The highest BCUT2D eigenvalue weighted by molar-refractivity contribution is 7.89. The largest absolute Gasteiger partial charge is 0.444 e. The summed E-state index contributed by atoms with van der Waals surface area (Å²) in [6, 6.07) is 0. The van der Waals surface area contributed by atoms with Crippen molar-refractivity contribution in [1.29, 1.82) is 0 Å². The molecule has 2 saturated carbocycles. The third-order valence-electron chi connectivity index (χ3n) is 9.16. The van der Waals surface area contributed by atoms with Gasteiger partial charge in [-0.05, 0) is 63.1 Å². The Hall–Kier alpha value is -1.43.